The third-order valence-electron chi connectivity index (χ3n) is 4.31. The van der Waals surface area contributed by atoms with E-state index in [1.165, 1.54) is 6.07 Å². The maximum absolute atomic E-state index is 13.1. The van der Waals surface area contributed by atoms with Crippen LogP contribution in [-0.4, -0.2) is 18.5 Å². The van der Waals surface area contributed by atoms with E-state index in [1.54, 1.807) is 18.2 Å². The van der Waals surface area contributed by atoms with Crippen molar-refractivity contribution in [2.45, 2.75) is 38.9 Å². The van der Waals surface area contributed by atoms with E-state index in [-0.39, 0.29) is 24.5 Å². The van der Waals surface area contributed by atoms with E-state index in [9.17, 15) is 22.8 Å². The van der Waals surface area contributed by atoms with Crippen LogP contribution >= 0.6 is 0 Å². The van der Waals surface area contributed by atoms with Gasteiger partial charge in [-0.15, -0.1) is 0 Å². The van der Waals surface area contributed by atoms with Crippen molar-refractivity contribution < 1.29 is 27.5 Å². The Bertz CT molecular complexity index is 901. The van der Waals surface area contributed by atoms with Gasteiger partial charge in [0.2, 0.25) is 5.91 Å². The van der Waals surface area contributed by atoms with Gasteiger partial charge in [-0.25, -0.2) is 4.79 Å². The minimum absolute atomic E-state index is 0.0918. The molecule has 2 rings (SSSR count). The molecule has 0 spiro atoms. The molecule has 0 saturated carbocycles. The summed E-state index contributed by atoms with van der Waals surface area (Å²) in [6.07, 6.45) is -4.15. The molecule has 0 aliphatic rings. The number of primary amides is 1. The lowest BCUT2D eigenvalue weighted by Crippen LogP contribution is -2.35. The molecule has 4 N–H and O–H groups in total. The molecule has 0 bridgehead atoms. The van der Waals surface area contributed by atoms with Crippen LogP contribution in [-0.2, 0) is 11.0 Å². The molecule has 0 radical (unpaired) electrons. The van der Waals surface area contributed by atoms with Crippen LogP contribution in [0.4, 0.5) is 23.7 Å². The van der Waals surface area contributed by atoms with E-state index in [0.29, 0.717) is 12.0 Å². The van der Waals surface area contributed by atoms with Crippen molar-refractivity contribution >= 4 is 17.6 Å². The topological polar surface area (TPSA) is 93.4 Å². The van der Waals surface area contributed by atoms with Gasteiger partial charge in [0.05, 0.1) is 30.3 Å². The molecule has 9 heteroatoms. The van der Waals surface area contributed by atoms with Gasteiger partial charge in [-0.2, -0.15) is 13.2 Å². The molecule has 1 atom stereocenters. The molecule has 162 valence electrons. The molecule has 2 aromatic carbocycles. The van der Waals surface area contributed by atoms with Crippen LogP contribution in [0.3, 0.4) is 0 Å². The van der Waals surface area contributed by atoms with Gasteiger partial charge in [0.1, 0.15) is 5.75 Å². The van der Waals surface area contributed by atoms with Crippen molar-refractivity contribution in [1.82, 2.24) is 5.32 Å². The Hall–Kier alpha value is -3.23. The smallest absolute Gasteiger partial charge is 0.416 e. The molecular weight excluding hydrogens is 399 g/mol. The zero-order valence-corrected chi connectivity index (χ0v) is 16.7. The first-order valence-electron chi connectivity index (χ1n) is 9.37. The predicted octanol–water partition coefficient (Wildman–Crippen LogP) is 4.54. The van der Waals surface area contributed by atoms with E-state index in [0.717, 1.165) is 17.7 Å². The van der Waals surface area contributed by atoms with Gasteiger partial charge >= 0.3 is 12.2 Å². The summed E-state index contributed by atoms with van der Waals surface area (Å²) in [5.74, 6) is -0.467. The lowest BCUT2D eigenvalue weighted by atomic mass is 9.98. The number of alkyl halides is 3. The molecule has 6 nitrogen and oxygen atoms in total. The zero-order chi connectivity index (χ0) is 22.3. The highest BCUT2D eigenvalue weighted by Crippen LogP contribution is 2.35. The number of aryl methyl sites for hydroxylation is 1. The molecular formula is C21H24F3N3O3. The number of anilines is 1. The van der Waals surface area contributed by atoms with Crippen molar-refractivity contribution in [2.75, 3.05) is 11.9 Å². The second-order valence-corrected chi connectivity index (χ2v) is 6.73. The average molecular weight is 423 g/mol. The van der Waals surface area contributed by atoms with Gasteiger partial charge < -0.3 is 21.1 Å². The summed E-state index contributed by atoms with van der Waals surface area (Å²) in [4.78, 5) is 24.0. The quantitative estimate of drug-likeness (QED) is 0.582. The lowest BCUT2D eigenvalue weighted by Gasteiger charge is -2.20. The normalized spacial score (nSPS) is 12.2. The van der Waals surface area contributed by atoms with Crippen LogP contribution in [0.1, 0.15) is 42.5 Å². The molecule has 0 aromatic heterocycles. The van der Waals surface area contributed by atoms with Crippen LogP contribution in [0.25, 0.3) is 0 Å². The number of carbonyl (C=O) groups is 2. The number of amides is 3. The van der Waals surface area contributed by atoms with Gasteiger partial charge in [0.25, 0.3) is 0 Å². The number of hydrogen-bond donors (Lipinski definition) is 3. The minimum Gasteiger partial charge on any atom is -0.491 e. The van der Waals surface area contributed by atoms with Crippen molar-refractivity contribution in [1.29, 1.82) is 0 Å². The van der Waals surface area contributed by atoms with E-state index in [1.807, 2.05) is 19.9 Å². The molecule has 2 aromatic rings. The maximum Gasteiger partial charge on any atom is 0.416 e. The lowest BCUT2D eigenvalue weighted by molar-refractivity contribution is -0.137. The number of rotatable bonds is 8. The number of benzene rings is 2. The molecule has 0 aliphatic carbocycles. The summed E-state index contributed by atoms with van der Waals surface area (Å²) in [7, 11) is 0. The second kappa shape index (κ2) is 10.00. The molecule has 30 heavy (non-hydrogen) atoms. The van der Waals surface area contributed by atoms with E-state index >= 15 is 0 Å². The van der Waals surface area contributed by atoms with Crippen LogP contribution in [0.5, 0.6) is 5.75 Å². The number of urea groups is 1. The Morgan fingerprint density at radius 1 is 1.17 bits per heavy atom. The fourth-order valence-corrected chi connectivity index (χ4v) is 2.92. The van der Waals surface area contributed by atoms with Crippen molar-refractivity contribution in [2.24, 2.45) is 5.73 Å². The Kier molecular flexibility index (Phi) is 7.68. The number of halogens is 3. The third kappa shape index (κ3) is 6.40. The Labute approximate surface area is 172 Å². The molecule has 0 unspecified atom stereocenters. The van der Waals surface area contributed by atoms with Crippen LogP contribution in [0.15, 0.2) is 42.5 Å². The Balaban J connectivity index is 2.27. The largest absolute Gasteiger partial charge is 0.491 e. The molecule has 0 heterocycles. The van der Waals surface area contributed by atoms with Gasteiger partial charge in [-0.1, -0.05) is 31.2 Å². The summed E-state index contributed by atoms with van der Waals surface area (Å²) in [6, 6.07) is 8.44. The average Bonchev–Trinajstić information content (AvgIpc) is 2.65. The summed E-state index contributed by atoms with van der Waals surface area (Å²) in [6.45, 7) is 3.94. The van der Waals surface area contributed by atoms with E-state index in [2.05, 4.69) is 10.6 Å². The first-order valence-corrected chi connectivity index (χ1v) is 9.37. The first kappa shape index (κ1) is 23.1. The zero-order valence-electron chi connectivity index (χ0n) is 16.7. The van der Waals surface area contributed by atoms with Gasteiger partial charge in [0, 0.05) is 0 Å². The number of nitrogens with two attached hydrogens (primary N) is 1. The van der Waals surface area contributed by atoms with Crippen LogP contribution < -0.4 is 21.1 Å². The minimum atomic E-state index is -4.57. The fourth-order valence-electron chi connectivity index (χ4n) is 2.92. The Morgan fingerprint density at radius 3 is 2.47 bits per heavy atom. The second-order valence-electron chi connectivity index (χ2n) is 6.73. The van der Waals surface area contributed by atoms with Crippen LogP contribution in [0, 0.1) is 6.92 Å². The summed E-state index contributed by atoms with van der Waals surface area (Å²) < 4.78 is 44.7. The van der Waals surface area contributed by atoms with Gasteiger partial charge in [0.15, 0.2) is 0 Å². The third-order valence-corrected chi connectivity index (χ3v) is 4.31. The number of hydrogen-bond acceptors (Lipinski definition) is 3. The fraction of sp³-hybridized carbons (Fsp3) is 0.333. The summed E-state index contributed by atoms with van der Waals surface area (Å²) in [5, 5.41) is 4.97. The summed E-state index contributed by atoms with van der Waals surface area (Å²) >= 11 is 0. The molecule has 0 aliphatic heterocycles. The van der Waals surface area contributed by atoms with Crippen molar-refractivity contribution in [3.8, 4) is 5.75 Å². The van der Waals surface area contributed by atoms with Crippen molar-refractivity contribution in [3.05, 3.63) is 59.2 Å². The number of carbonyl (C=O) groups excluding carboxylic acids is 2. The predicted molar refractivity (Wildman–Crippen MR) is 107 cm³/mol. The Morgan fingerprint density at radius 2 is 1.87 bits per heavy atom. The SMILES string of the molecule is CCCOc1ccc(C(F)(F)F)cc1NC(=O)C[C@H](NC(N)=O)c1ccccc1C. The molecule has 3 amide bonds. The van der Waals surface area contributed by atoms with Gasteiger partial charge in [-0.05, 0) is 42.7 Å². The maximum atomic E-state index is 13.1. The molecule has 0 saturated heterocycles. The highest BCUT2D eigenvalue weighted by molar-refractivity contribution is 5.93. The standard InChI is InChI=1S/C21H24F3N3O3/c1-3-10-30-18-9-8-14(21(22,23)24)11-17(18)26-19(28)12-16(27-20(25)29)15-7-5-4-6-13(15)2/h4-9,11,16H,3,10,12H2,1-2H3,(H,26,28)(H3,25,27,29)/t16-/m0/s1. The molecule has 0 fully saturated rings. The number of ether oxygens (including phenoxy) is 1. The highest BCUT2D eigenvalue weighted by Gasteiger charge is 2.31. The number of nitrogens with one attached hydrogen (secondary N) is 2. The van der Waals surface area contributed by atoms with Gasteiger partial charge in [-0.3, -0.25) is 4.79 Å². The van der Waals surface area contributed by atoms with Crippen molar-refractivity contribution in [3.63, 3.8) is 0 Å². The first-order chi connectivity index (χ1) is 14.1. The van der Waals surface area contributed by atoms with Crippen LogP contribution in [0.2, 0.25) is 0 Å². The summed E-state index contributed by atoms with van der Waals surface area (Å²) in [5.41, 5.74) is 5.73. The van der Waals surface area contributed by atoms with E-state index in [4.69, 9.17) is 10.5 Å². The highest BCUT2D eigenvalue weighted by atomic mass is 19.4. The van der Waals surface area contributed by atoms with E-state index < -0.39 is 29.7 Å². The monoisotopic (exact) mass is 423 g/mol.